The second-order valence-corrected chi connectivity index (χ2v) is 12.6. The molecule has 5 heteroatoms. The zero-order chi connectivity index (χ0) is 17.5. The average molecular weight is 340 g/mol. The second kappa shape index (κ2) is 5.95. The third-order valence-corrected chi connectivity index (χ3v) is 6.76. The molecule has 0 bridgehead atoms. The first-order valence-corrected chi connectivity index (χ1v) is 11.2. The number of hydrogen-bond acceptors (Lipinski definition) is 1. The molecule has 0 aromatic heterocycles. The van der Waals surface area contributed by atoms with Gasteiger partial charge in [0.1, 0.15) is 0 Å². The summed E-state index contributed by atoms with van der Waals surface area (Å²) < 4.78 is 38.0. The van der Waals surface area contributed by atoms with Crippen LogP contribution in [0.15, 0.2) is 47.7 Å². The molecule has 0 radical (unpaired) electrons. The van der Waals surface area contributed by atoms with E-state index < -0.39 is 31.3 Å². The van der Waals surface area contributed by atoms with Crippen molar-refractivity contribution < 1.29 is 18.3 Å². The molecule has 1 nitrogen and oxygen atoms in total. The van der Waals surface area contributed by atoms with Crippen LogP contribution in [0.2, 0.25) is 19.6 Å². The van der Waals surface area contributed by atoms with Gasteiger partial charge in [-0.2, -0.15) is 13.2 Å². The van der Waals surface area contributed by atoms with Crippen LogP contribution in [0.3, 0.4) is 0 Å². The molecule has 0 amide bonds. The number of alkyl halides is 3. The van der Waals surface area contributed by atoms with Crippen molar-refractivity contribution in [2.75, 3.05) is 0 Å². The van der Waals surface area contributed by atoms with Crippen molar-refractivity contribution in [3.05, 3.63) is 58.8 Å². The summed E-state index contributed by atoms with van der Waals surface area (Å²) in [6.45, 7) is 8.72. The fraction of sp³-hybridized carbons (Fsp3) is 0.444. The number of aliphatic hydroxyl groups is 1. The van der Waals surface area contributed by atoms with Gasteiger partial charge in [0.2, 0.25) is 0 Å². The Morgan fingerprint density at radius 3 is 2.17 bits per heavy atom. The van der Waals surface area contributed by atoms with Crippen LogP contribution in [0.5, 0.6) is 0 Å². The number of benzene rings is 1. The lowest BCUT2D eigenvalue weighted by molar-refractivity contribution is -0.137. The van der Waals surface area contributed by atoms with E-state index in [0.717, 1.165) is 18.6 Å². The molecular weight excluding hydrogens is 317 g/mol. The average Bonchev–Trinajstić information content (AvgIpc) is 2.45. The summed E-state index contributed by atoms with van der Waals surface area (Å²) in [4.78, 5) is 0. The molecule has 126 valence electrons. The van der Waals surface area contributed by atoms with Gasteiger partial charge in [0.15, 0.2) is 0 Å². The Morgan fingerprint density at radius 1 is 1.13 bits per heavy atom. The zero-order valence-corrected chi connectivity index (χ0v) is 14.9. The smallest absolute Gasteiger partial charge is 0.388 e. The molecule has 1 N–H and O–H groups in total. The minimum Gasteiger partial charge on any atom is -0.388 e. The zero-order valence-electron chi connectivity index (χ0n) is 13.9. The normalized spacial score (nSPS) is 23.6. The molecule has 2 rings (SSSR count). The van der Waals surface area contributed by atoms with Crippen molar-refractivity contribution >= 4 is 8.07 Å². The van der Waals surface area contributed by atoms with Crippen LogP contribution in [0.1, 0.15) is 30.6 Å². The largest absolute Gasteiger partial charge is 0.416 e. The van der Waals surface area contributed by atoms with Crippen LogP contribution in [-0.4, -0.2) is 13.2 Å². The molecule has 2 atom stereocenters. The Balaban J connectivity index is 2.25. The molecule has 1 aromatic rings. The third-order valence-electron chi connectivity index (χ3n) is 4.49. The SMILES string of the molecule is C[C@@]1([C@@H](O)c2ccc(C(F)(F)F)cc2)C=CC=C([Si](C)(C)C)C1. The Bertz CT molecular complexity index is 623. The second-order valence-electron chi connectivity index (χ2n) is 7.51. The number of rotatable bonds is 3. The number of aliphatic hydroxyl groups excluding tert-OH is 1. The van der Waals surface area contributed by atoms with E-state index in [1.165, 1.54) is 17.3 Å². The van der Waals surface area contributed by atoms with Gasteiger partial charge in [-0.05, 0) is 24.1 Å². The summed E-state index contributed by atoms with van der Waals surface area (Å²) in [6, 6.07) is 4.81. The van der Waals surface area contributed by atoms with E-state index in [2.05, 4.69) is 25.7 Å². The maximum absolute atomic E-state index is 12.7. The van der Waals surface area contributed by atoms with Gasteiger partial charge in [-0.25, -0.2) is 0 Å². The first-order chi connectivity index (χ1) is 10.4. The van der Waals surface area contributed by atoms with E-state index in [4.69, 9.17) is 0 Å². The topological polar surface area (TPSA) is 20.2 Å². The fourth-order valence-electron chi connectivity index (χ4n) is 2.85. The molecule has 1 aromatic carbocycles. The number of allylic oxidation sites excluding steroid dienone is 3. The molecular formula is C18H23F3OSi. The Kier molecular flexibility index (Phi) is 4.66. The minimum atomic E-state index is -4.36. The molecule has 0 fully saturated rings. The van der Waals surface area contributed by atoms with Crippen LogP contribution < -0.4 is 0 Å². The van der Waals surface area contributed by atoms with Gasteiger partial charge in [-0.3, -0.25) is 0 Å². The van der Waals surface area contributed by atoms with Gasteiger partial charge in [0.05, 0.1) is 19.7 Å². The highest BCUT2D eigenvalue weighted by Crippen LogP contribution is 2.44. The third kappa shape index (κ3) is 3.96. The summed E-state index contributed by atoms with van der Waals surface area (Å²) in [7, 11) is -1.48. The van der Waals surface area contributed by atoms with Crippen LogP contribution in [0.4, 0.5) is 13.2 Å². The van der Waals surface area contributed by atoms with Gasteiger partial charge in [-0.15, -0.1) is 0 Å². The fourth-order valence-corrected chi connectivity index (χ4v) is 4.36. The van der Waals surface area contributed by atoms with Crippen molar-refractivity contribution in [2.24, 2.45) is 5.41 Å². The van der Waals surface area contributed by atoms with Crippen LogP contribution in [-0.2, 0) is 6.18 Å². The quantitative estimate of drug-likeness (QED) is 0.720. The van der Waals surface area contributed by atoms with E-state index in [1.807, 2.05) is 19.1 Å². The van der Waals surface area contributed by atoms with E-state index in [0.29, 0.717) is 5.56 Å². The Labute approximate surface area is 136 Å². The summed E-state index contributed by atoms with van der Waals surface area (Å²) in [5.74, 6) is 0. The maximum Gasteiger partial charge on any atom is 0.416 e. The molecule has 1 aliphatic carbocycles. The molecule has 0 saturated carbocycles. The van der Waals surface area contributed by atoms with Crippen LogP contribution >= 0.6 is 0 Å². The summed E-state index contributed by atoms with van der Waals surface area (Å²) in [6.07, 6.45) is 1.59. The van der Waals surface area contributed by atoms with Crippen molar-refractivity contribution in [1.82, 2.24) is 0 Å². The van der Waals surface area contributed by atoms with Crippen molar-refractivity contribution in [2.45, 2.75) is 45.3 Å². The standard InChI is InChI=1S/C18H23F3OSi/c1-17(11-5-6-15(12-17)23(2,3)4)16(22)13-7-9-14(10-8-13)18(19,20)21/h5-11,16,22H,12H2,1-4H3/t16-,17+/m0/s1. The molecule has 0 unspecified atom stereocenters. The molecule has 0 heterocycles. The monoisotopic (exact) mass is 340 g/mol. The van der Waals surface area contributed by atoms with Gasteiger partial charge in [0, 0.05) is 5.41 Å². The van der Waals surface area contributed by atoms with Gasteiger partial charge < -0.3 is 5.11 Å². The number of halogens is 3. The van der Waals surface area contributed by atoms with Crippen LogP contribution in [0.25, 0.3) is 0 Å². The van der Waals surface area contributed by atoms with E-state index >= 15 is 0 Å². The molecule has 23 heavy (non-hydrogen) atoms. The highest BCUT2D eigenvalue weighted by molar-refractivity contribution is 6.83. The first kappa shape index (κ1) is 18.0. The lowest BCUT2D eigenvalue weighted by Crippen LogP contribution is -2.33. The van der Waals surface area contributed by atoms with E-state index in [1.54, 1.807) is 0 Å². The molecule has 0 aliphatic heterocycles. The van der Waals surface area contributed by atoms with Gasteiger partial charge >= 0.3 is 6.18 Å². The van der Waals surface area contributed by atoms with Crippen molar-refractivity contribution in [3.8, 4) is 0 Å². The first-order valence-electron chi connectivity index (χ1n) is 7.67. The lowest BCUT2D eigenvalue weighted by atomic mass is 9.75. The van der Waals surface area contributed by atoms with Crippen LogP contribution in [0, 0.1) is 5.41 Å². The highest BCUT2D eigenvalue weighted by Gasteiger charge is 2.37. The lowest BCUT2D eigenvalue weighted by Gasteiger charge is -2.38. The van der Waals surface area contributed by atoms with Gasteiger partial charge in [-0.1, -0.05) is 62.1 Å². The molecule has 0 spiro atoms. The predicted octanol–water partition coefficient (Wildman–Crippen LogP) is 5.51. The Morgan fingerprint density at radius 2 is 1.70 bits per heavy atom. The summed E-state index contributed by atoms with van der Waals surface area (Å²) in [5.41, 5.74) is -0.674. The molecule has 0 saturated heterocycles. The minimum absolute atomic E-state index is 0.496. The Hall–Kier alpha value is -1.33. The van der Waals surface area contributed by atoms with E-state index in [-0.39, 0.29) is 0 Å². The molecule has 1 aliphatic rings. The summed E-state index contributed by atoms with van der Waals surface area (Å²) >= 11 is 0. The van der Waals surface area contributed by atoms with E-state index in [9.17, 15) is 18.3 Å². The predicted molar refractivity (Wildman–Crippen MR) is 89.7 cm³/mol. The van der Waals surface area contributed by atoms with Crippen molar-refractivity contribution in [1.29, 1.82) is 0 Å². The van der Waals surface area contributed by atoms with Gasteiger partial charge in [0.25, 0.3) is 0 Å². The summed E-state index contributed by atoms with van der Waals surface area (Å²) in [5, 5.41) is 12.1. The number of hydrogen-bond donors (Lipinski definition) is 1. The van der Waals surface area contributed by atoms with Crippen molar-refractivity contribution in [3.63, 3.8) is 0 Å². The maximum atomic E-state index is 12.7. The highest BCUT2D eigenvalue weighted by atomic mass is 28.3.